The van der Waals surface area contributed by atoms with Gasteiger partial charge in [0.05, 0.1) is 5.92 Å². The summed E-state index contributed by atoms with van der Waals surface area (Å²) in [6.07, 6.45) is 0.214. The summed E-state index contributed by atoms with van der Waals surface area (Å²) < 4.78 is 11.0. The molecule has 0 aliphatic carbocycles. The predicted octanol–water partition coefficient (Wildman–Crippen LogP) is 4.10. The number of amides is 2. The molecule has 9 heteroatoms. The molecule has 1 N–H and O–H groups in total. The van der Waals surface area contributed by atoms with Gasteiger partial charge in [-0.2, -0.15) is 0 Å². The minimum atomic E-state index is -0.773. The first-order valence-corrected chi connectivity index (χ1v) is 11.0. The van der Waals surface area contributed by atoms with Gasteiger partial charge < -0.3 is 13.7 Å². The Kier molecular flexibility index (Phi) is 4.88. The molecular weight excluding hydrogens is 448 g/mol. The van der Waals surface area contributed by atoms with Crippen LogP contribution < -0.4 is 15.8 Å². The Morgan fingerprint density at radius 1 is 0.914 bits per heavy atom. The second-order valence-corrected chi connectivity index (χ2v) is 8.29. The van der Waals surface area contributed by atoms with Crippen molar-refractivity contribution < 1.29 is 18.4 Å². The highest BCUT2D eigenvalue weighted by Gasteiger charge is 2.35. The lowest BCUT2D eigenvalue weighted by atomic mass is 10.0. The smallest absolute Gasteiger partial charge is 0.349 e. The average molecular weight is 466 g/mol. The van der Waals surface area contributed by atoms with Gasteiger partial charge in [0.2, 0.25) is 11.8 Å². The zero-order chi connectivity index (χ0) is 23.9. The molecule has 1 aliphatic rings. The highest BCUT2D eigenvalue weighted by atomic mass is 16.4. The van der Waals surface area contributed by atoms with E-state index in [-0.39, 0.29) is 35.7 Å². The summed E-state index contributed by atoms with van der Waals surface area (Å²) in [7, 11) is 0. The van der Waals surface area contributed by atoms with Gasteiger partial charge >= 0.3 is 11.6 Å². The van der Waals surface area contributed by atoms with Crippen molar-refractivity contribution in [1.82, 2.24) is 10.2 Å². The Labute approximate surface area is 198 Å². The van der Waals surface area contributed by atoms with Gasteiger partial charge in [-0.3, -0.25) is 14.9 Å². The molecule has 2 amide bonds. The fourth-order valence-electron chi connectivity index (χ4n) is 4.37. The number of fused-ring (bicyclic) bond motifs is 3. The number of nitrogens with zero attached hydrogens (tertiary/aromatic N) is 3. The average Bonchev–Trinajstić information content (AvgIpc) is 3.50. The first-order chi connectivity index (χ1) is 17.1. The Hall–Kier alpha value is -4.79. The summed E-state index contributed by atoms with van der Waals surface area (Å²) >= 11 is 0. The highest BCUT2D eigenvalue weighted by Crippen LogP contribution is 2.31. The number of nitrogens with one attached hydrogen (secondary N) is 1. The van der Waals surface area contributed by atoms with Crippen LogP contribution in [-0.2, 0) is 4.79 Å². The standard InChI is InChI=1S/C26H18N4O5/c31-22-12-16(14-30(22)17-7-2-1-3-8-17)24-28-29-26(35-24)27-23(32)20-13-19-18-9-5-4-6-15(18)10-11-21(19)34-25(20)33/h1-11,13,16H,12,14H2,(H,27,29,32). The van der Waals surface area contributed by atoms with Crippen molar-refractivity contribution in [1.29, 1.82) is 0 Å². The lowest BCUT2D eigenvalue weighted by Crippen LogP contribution is -2.24. The van der Waals surface area contributed by atoms with Crippen LogP contribution in [-0.4, -0.2) is 28.6 Å². The number of hydrogen-bond acceptors (Lipinski definition) is 7. The Morgan fingerprint density at radius 2 is 1.71 bits per heavy atom. The van der Waals surface area contributed by atoms with E-state index in [1.807, 2.05) is 60.7 Å². The fourth-order valence-corrected chi connectivity index (χ4v) is 4.37. The van der Waals surface area contributed by atoms with Crippen molar-refractivity contribution in [3.8, 4) is 0 Å². The molecule has 0 radical (unpaired) electrons. The molecule has 1 saturated heterocycles. The summed E-state index contributed by atoms with van der Waals surface area (Å²) in [6, 6.07) is 21.8. The molecule has 3 heterocycles. The molecule has 1 aliphatic heterocycles. The molecule has 9 nitrogen and oxygen atoms in total. The van der Waals surface area contributed by atoms with Crippen LogP contribution >= 0.6 is 0 Å². The van der Waals surface area contributed by atoms with Crippen molar-refractivity contribution >= 4 is 45.3 Å². The molecular formula is C26H18N4O5. The number of carbonyl (C=O) groups excluding carboxylic acids is 2. The molecule has 1 fully saturated rings. The number of carbonyl (C=O) groups is 2. The molecule has 0 bridgehead atoms. The monoisotopic (exact) mass is 466 g/mol. The van der Waals surface area contributed by atoms with E-state index in [1.54, 1.807) is 11.0 Å². The molecule has 5 aromatic rings. The maximum absolute atomic E-state index is 12.9. The minimum Gasteiger partial charge on any atom is -0.422 e. The summed E-state index contributed by atoms with van der Waals surface area (Å²) in [6.45, 7) is 0.389. The molecule has 6 rings (SSSR count). The molecule has 1 unspecified atom stereocenters. The SMILES string of the molecule is O=C(Nc1nnc(C2CC(=O)N(c3ccccc3)C2)o1)c1cc2c(ccc3ccccc32)oc1=O. The number of anilines is 2. The van der Waals surface area contributed by atoms with Crippen molar-refractivity contribution in [3.05, 3.63) is 94.7 Å². The van der Waals surface area contributed by atoms with E-state index < -0.39 is 11.5 Å². The van der Waals surface area contributed by atoms with Gasteiger partial charge in [-0.1, -0.05) is 53.6 Å². The molecule has 1 atom stereocenters. The summed E-state index contributed by atoms with van der Waals surface area (Å²) in [5, 5.41) is 12.8. The molecule has 35 heavy (non-hydrogen) atoms. The Morgan fingerprint density at radius 3 is 2.57 bits per heavy atom. The second kappa shape index (κ2) is 8.21. The maximum atomic E-state index is 12.9. The van der Waals surface area contributed by atoms with Crippen molar-refractivity contribution in [2.24, 2.45) is 0 Å². The predicted molar refractivity (Wildman–Crippen MR) is 128 cm³/mol. The third kappa shape index (κ3) is 3.72. The van der Waals surface area contributed by atoms with E-state index in [0.29, 0.717) is 17.5 Å². The van der Waals surface area contributed by atoms with Crippen LogP contribution in [0.3, 0.4) is 0 Å². The molecule has 0 saturated carbocycles. The van der Waals surface area contributed by atoms with Crippen LogP contribution in [0.25, 0.3) is 21.7 Å². The summed E-state index contributed by atoms with van der Waals surface area (Å²) in [4.78, 5) is 39.5. The van der Waals surface area contributed by atoms with Gasteiger partial charge in [-0.05, 0) is 35.0 Å². The molecule has 3 aromatic carbocycles. The minimum absolute atomic E-state index is 0.0500. The van der Waals surface area contributed by atoms with Gasteiger partial charge in [-0.25, -0.2) is 4.79 Å². The van der Waals surface area contributed by atoms with Crippen LogP contribution in [0.1, 0.15) is 28.6 Å². The topological polar surface area (TPSA) is 119 Å². The zero-order valence-electron chi connectivity index (χ0n) is 18.3. The van der Waals surface area contributed by atoms with Crippen molar-refractivity contribution in [2.45, 2.75) is 12.3 Å². The van der Waals surface area contributed by atoms with E-state index >= 15 is 0 Å². The van der Waals surface area contributed by atoms with Gasteiger partial charge in [0, 0.05) is 24.0 Å². The largest absolute Gasteiger partial charge is 0.422 e. The van der Waals surface area contributed by atoms with E-state index in [0.717, 1.165) is 16.5 Å². The lowest BCUT2D eigenvalue weighted by molar-refractivity contribution is -0.117. The molecule has 172 valence electrons. The first kappa shape index (κ1) is 20.8. The lowest BCUT2D eigenvalue weighted by Gasteiger charge is -2.15. The van der Waals surface area contributed by atoms with E-state index in [2.05, 4.69) is 15.5 Å². The summed E-state index contributed by atoms with van der Waals surface area (Å²) in [5.74, 6) is -0.843. The number of hydrogen-bond donors (Lipinski definition) is 1. The van der Waals surface area contributed by atoms with Gasteiger partial charge in [0.15, 0.2) is 0 Å². The number of benzene rings is 3. The van der Waals surface area contributed by atoms with E-state index in [4.69, 9.17) is 8.83 Å². The molecule has 0 spiro atoms. The highest BCUT2D eigenvalue weighted by molar-refractivity contribution is 6.10. The van der Waals surface area contributed by atoms with Crippen LogP contribution in [0, 0.1) is 0 Å². The van der Waals surface area contributed by atoms with Crippen LogP contribution in [0.2, 0.25) is 0 Å². The normalized spacial score (nSPS) is 15.7. The Balaban J connectivity index is 1.24. The van der Waals surface area contributed by atoms with Gasteiger partial charge in [-0.15, -0.1) is 5.10 Å². The van der Waals surface area contributed by atoms with Crippen LogP contribution in [0.4, 0.5) is 11.7 Å². The Bertz CT molecular complexity index is 1660. The molecule has 2 aromatic heterocycles. The third-order valence-corrected chi connectivity index (χ3v) is 6.09. The van der Waals surface area contributed by atoms with Gasteiger partial charge in [0.25, 0.3) is 5.91 Å². The quantitative estimate of drug-likeness (QED) is 0.313. The first-order valence-electron chi connectivity index (χ1n) is 11.0. The number of rotatable bonds is 4. The van der Waals surface area contributed by atoms with Gasteiger partial charge in [0.1, 0.15) is 11.1 Å². The van der Waals surface area contributed by atoms with E-state index in [9.17, 15) is 14.4 Å². The van der Waals surface area contributed by atoms with Crippen LogP contribution in [0.15, 0.2) is 86.4 Å². The van der Waals surface area contributed by atoms with E-state index in [1.165, 1.54) is 6.07 Å². The summed E-state index contributed by atoms with van der Waals surface area (Å²) in [5.41, 5.74) is 0.229. The zero-order valence-corrected chi connectivity index (χ0v) is 18.3. The second-order valence-electron chi connectivity index (χ2n) is 8.29. The fraction of sp³-hybridized carbons (Fsp3) is 0.115. The van der Waals surface area contributed by atoms with Crippen molar-refractivity contribution in [3.63, 3.8) is 0 Å². The van der Waals surface area contributed by atoms with Crippen LogP contribution in [0.5, 0.6) is 0 Å². The number of aromatic nitrogens is 2. The maximum Gasteiger partial charge on any atom is 0.349 e. The van der Waals surface area contributed by atoms with Crippen molar-refractivity contribution in [2.75, 3.05) is 16.8 Å². The number of para-hydroxylation sites is 1. The third-order valence-electron chi connectivity index (χ3n) is 6.09.